The zero-order valence-electron chi connectivity index (χ0n) is 29.5. The Hall–Kier alpha value is -6.50. The van der Waals surface area contributed by atoms with Gasteiger partial charge in [0.05, 0.1) is 12.3 Å². The van der Waals surface area contributed by atoms with E-state index in [1.807, 2.05) is 36.4 Å². The van der Waals surface area contributed by atoms with E-state index in [-0.39, 0.29) is 6.17 Å². The minimum absolute atomic E-state index is 0.275. The monoisotopic (exact) mass is 699 g/mol. The van der Waals surface area contributed by atoms with Gasteiger partial charge in [-0.25, -0.2) is 0 Å². The molecule has 10 aromatic rings. The second-order valence-corrected chi connectivity index (χ2v) is 13.9. The largest absolute Gasteiger partial charge is 0.456 e. The summed E-state index contributed by atoms with van der Waals surface area (Å²) in [6, 6.07) is 61.3. The zero-order valence-corrected chi connectivity index (χ0v) is 29.5. The van der Waals surface area contributed by atoms with Crippen LogP contribution in [0.25, 0.3) is 76.9 Å². The van der Waals surface area contributed by atoms with Crippen molar-refractivity contribution in [1.82, 2.24) is 10.6 Å². The first-order valence-electron chi connectivity index (χ1n) is 18.4. The summed E-state index contributed by atoms with van der Waals surface area (Å²) in [4.78, 5) is 0. The van der Waals surface area contributed by atoms with Gasteiger partial charge in [0.2, 0.25) is 0 Å². The summed E-state index contributed by atoms with van der Waals surface area (Å²) in [5, 5.41) is 14.1. The van der Waals surface area contributed by atoms with E-state index in [0.29, 0.717) is 6.54 Å². The van der Waals surface area contributed by atoms with Gasteiger partial charge in [0.15, 0.2) is 0 Å². The molecule has 0 amide bonds. The summed E-state index contributed by atoms with van der Waals surface area (Å²) >= 11 is 0. The molecule has 0 aliphatic heterocycles. The first-order chi connectivity index (χ1) is 26.7. The quantitative estimate of drug-likeness (QED) is 0.131. The van der Waals surface area contributed by atoms with Crippen molar-refractivity contribution in [3.05, 3.63) is 193 Å². The van der Waals surface area contributed by atoms with Crippen LogP contribution in [0.4, 0.5) is 0 Å². The minimum atomic E-state index is -0.395. The Kier molecular flexibility index (Phi) is 8.03. The molecule has 0 bridgehead atoms. The van der Waals surface area contributed by atoms with Crippen LogP contribution in [0.2, 0.25) is 0 Å². The van der Waals surface area contributed by atoms with E-state index in [0.717, 1.165) is 71.5 Å². The van der Waals surface area contributed by atoms with Crippen LogP contribution in [-0.2, 0) is 6.54 Å². The third-order valence-electron chi connectivity index (χ3n) is 10.6. The van der Waals surface area contributed by atoms with Crippen LogP contribution in [0, 0.1) is 0 Å². The minimum Gasteiger partial charge on any atom is -0.456 e. The Morgan fingerprint density at radius 2 is 1.11 bits per heavy atom. The number of nitrogens with one attached hydrogen (secondary N) is 2. The molecular weight excluding hydrogens is 663 g/mol. The molecule has 0 fully saturated rings. The molecule has 10 rings (SSSR count). The van der Waals surface area contributed by atoms with Crippen LogP contribution in [0.1, 0.15) is 29.0 Å². The summed E-state index contributed by atoms with van der Waals surface area (Å²) in [6.07, 6.45) is -0.670. The number of rotatable bonds is 9. The molecule has 2 aromatic heterocycles. The van der Waals surface area contributed by atoms with Crippen molar-refractivity contribution in [1.29, 1.82) is 0 Å². The predicted molar refractivity (Wildman–Crippen MR) is 222 cm³/mol. The number of hydrogen-bond donors (Lipinski definition) is 3. The Labute approximate surface area is 312 Å². The second-order valence-electron chi connectivity index (χ2n) is 13.9. The van der Waals surface area contributed by atoms with E-state index >= 15 is 0 Å². The third kappa shape index (κ3) is 5.81. The molecule has 8 aromatic carbocycles. The van der Waals surface area contributed by atoms with Gasteiger partial charge in [-0.3, -0.25) is 10.6 Å². The van der Waals surface area contributed by atoms with E-state index < -0.39 is 6.17 Å². The Morgan fingerprint density at radius 3 is 1.91 bits per heavy atom. The van der Waals surface area contributed by atoms with Crippen molar-refractivity contribution in [2.75, 3.05) is 0 Å². The molecule has 0 saturated carbocycles. The topological polar surface area (TPSA) is 76.4 Å². The normalized spacial score (nSPS) is 13.0. The molecule has 0 aliphatic carbocycles. The van der Waals surface area contributed by atoms with Crippen molar-refractivity contribution in [3.63, 3.8) is 0 Å². The summed E-state index contributed by atoms with van der Waals surface area (Å²) in [5.74, 6) is 0. The molecule has 2 unspecified atom stereocenters. The van der Waals surface area contributed by atoms with E-state index in [9.17, 15) is 0 Å². The van der Waals surface area contributed by atoms with E-state index in [4.69, 9.17) is 14.6 Å². The molecule has 4 N–H and O–H groups in total. The van der Waals surface area contributed by atoms with Gasteiger partial charge in [0.1, 0.15) is 22.3 Å². The number of hydrogen-bond acceptors (Lipinski definition) is 5. The Bertz CT molecular complexity index is 2930. The molecule has 0 radical (unpaired) electrons. The molecule has 260 valence electrons. The lowest BCUT2D eigenvalue weighted by atomic mass is 9.95. The average Bonchev–Trinajstić information content (AvgIpc) is 3.80. The number of fused-ring (bicyclic) bond motifs is 8. The summed E-state index contributed by atoms with van der Waals surface area (Å²) < 4.78 is 13.0. The Morgan fingerprint density at radius 1 is 0.444 bits per heavy atom. The zero-order chi connectivity index (χ0) is 36.0. The van der Waals surface area contributed by atoms with Gasteiger partial charge < -0.3 is 14.6 Å². The van der Waals surface area contributed by atoms with Gasteiger partial charge in [0, 0.05) is 33.5 Å². The third-order valence-corrected chi connectivity index (χ3v) is 10.6. The van der Waals surface area contributed by atoms with Gasteiger partial charge in [-0.05, 0) is 80.7 Å². The first kappa shape index (κ1) is 32.2. The average molecular weight is 700 g/mol. The second kappa shape index (κ2) is 13.5. The molecule has 5 nitrogen and oxygen atoms in total. The molecule has 0 saturated heterocycles. The molecule has 0 spiro atoms. The van der Waals surface area contributed by atoms with Crippen molar-refractivity contribution in [2.45, 2.75) is 18.9 Å². The summed E-state index contributed by atoms with van der Waals surface area (Å²) in [5.41, 5.74) is 18.2. The van der Waals surface area contributed by atoms with Gasteiger partial charge >= 0.3 is 0 Å². The maximum Gasteiger partial charge on any atom is 0.143 e. The van der Waals surface area contributed by atoms with E-state index in [1.165, 1.54) is 22.1 Å². The molecular formula is C49H37N3O2. The van der Waals surface area contributed by atoms with Gasteiger partial charge in [-0.1, -0.05) is 140 Å². The van der Waals surface area contributed by atoms with Crippen molar-refractivity contribution in [2.24, 2.45) is 5.73 Å². The predicted octanol–water partition coefficient (Wildman–Crippen LogP) is 12.0. The SMILES string of the molecule is NC(NC(NCc1ccc2oc3c4ccccc4c(-c4ccccc4)cc3c2c1)c1ccc2c(c1)oc1ccc(-c3ccccc3)cc12)c1ccccc1. The maximum atomic E-state index is 6.79. The van der Waals surface area contributed by atoms with Gasteiger partial charge in [0.25, 0.3) is 0 Å². The number of nitrogens with two attached hydrogens (primary N) is 1. The van der Waals surface area contributed by atoms with Crippen LogP contribution in [0.3, 0.4) is 0 Å². The van der Waals surface area contributed by atoms with Crippen LogP contribution < -0.4 is 16.4 Å². The standard InChI is InChI=1S/C49H37N3O2/c50-48(34-16-8-3-9-17-34)52-49(36-21-23-38-42-27-35(32-12-4-1-5-13-32)22-25-44(42)53-46(38)28-36)51-30-31-20-24-45-41(26-31)43-29-40(33-14-6-2-7-15-33)37-18-10-11-19-39(37)47(43)54-45/h1-29,48-49,51-52H,30,50H2. The highest BCUT2D eigenvalue weighted by Crippen LogP contribution is 2.40. The highest BCUT2D eigenvalue weighted by molar-refractivity contribution is 6.19. The summed E-state index contributed by atoms with van der Waals surface area (Å²) in [7, 11) is 0. The fraction of sp³-hybridized carbons (Fsp3) is 0.0612. The van der Waals surface area contributed by atoms with Crippen LogP contribution in [0.5, 0.6) is 0 Å². The summed E-state index contributed by atoms with van der Waals surface area (Å²) in [6.45, 7) is 0.597. The Balaban J connectivity index is 1.01. The highest BCUT2D eigenvalue weighted by Gasteiger charge is 2.19. The maximum absolute atomic E-state index is 6.79. The van der Waals surface area contributed by atoms with Crippen LogP contribution in [0.15, 0.2) is 185 Å². The lowest BCUT2D eigenvalue weighted by Gasteiger charge is -2.25. The molecule has 2 heterocycles. The molecule has 5 heteroatoms. The lowest BCUT2D eigenvalue weighted by Crippen LogP contribution is -2.39. The smallest absolute Gasteiger partial charge is 0.143 e. The number of benzene rings is 8. The molecule has 0 aliphatic rings. The van der Waals surface area contributed by atoms with E-state index in [1.54, 1.807) is 0 Å². The lowest BCUT2D eigenvalue weighted by molar-refractivity contribution is 0.386. The van der Waals surface area contributed by atoms with Crippen LogP contribution in [-0.4, -0.2) is 0 Å². The molecule has 54 heavy (non-hydrogen) atoms. The fourth-order valence-electron chi connectivity index (χ4n) is 7.82. The van der Waals surface area contributed by atoms with E-state index in [2.05, 4.69) is 150 Å². The van der Waals surface area contributed by atoms with Gasteiger partial charge in [-0.2, -0.15) is 0 Å². The van der Waals surface area contributed by atoms with Crippen molar-refractivity contribution in [3.8, 4) is 22.3 Å². The highest BCUT2D eigenvalue weighted by atomic mass is 16.3. The van der Waals surface area contributed by atoms with Crippen molar-refractivity contribution >= 4 is 54.6 Å². The fourth-order valence-corrected chi connectivity index (χ4v) is 7.82. The van der Waals surface area contributed by atoms with Gasteiger partial charge in [-0.15, -0.1) is 0 Å². The molecule has 2 atom stereocenters. The number of furan rings is 2. The van der Waals surface area contributed by atoms with Crippen LogP contribution >= 0.6 is 0 Å². The first-order valence-corrected chi connectivity index (χ1v) is 18.4. The van der Waals surface area contributed by atoms with Crippen molar-refractivity contribution < 1.29 is 8.83 Å².